The average molecular weight is 496 g/mol. The molecular weight excluding hydrogens is 459 g/mol. The first-order chi connectivity index (χ1) is 13.2. The molecule has 0 radical (unpaired) electrons. The lowest BCUT2D eigenvalue weighted by atomic mass is 9.82. The molecule has 0 aromatic heterocycles. The summed E-state index contributed by atoms with van der Waals surface area (Å²) in [5, 5.41) is 3.56. The van der Waals surface area contributed by atoms with Crippen LogP contribution in [0.15, 0.2) is 35.3 Å². The van der Waals surface area contributed by atoms with E-state index in [0.29, 0.717) is 11.8 Å². The summed E-state index contributed by atoms with van der Waals surface area (Å²) >= 11 is 0. The first-order valence-electron chi connectivity index (χ1n) is 11.1. The fourth-order valence-electron chi connectivity index (χ4n) is 4.96. The van der Waals surface area contributed by atoms with Crippen molar-refractivity contribution < 1.29 is 0 Å². The summed E-state index contributed by atoms with van der Waals surface area (Å²) < 4.78 is 0. The normalized spacial score (nSPS) is 28.9. The van der Waals surface area contributed by atoms with Crippen molar-refractivity contribution in [2.75, 3.05) is 39.3 Å². The smallest absolute Gasteiger partial charge is 0.193 e. The predicted molar refractivity (Wildman–Crippen MR) is 129 cm³/mol. The monoisotopic (exact) mass is 496 g/mol. The highest BCUT2D eigenvalue weighted by atomic mass is 127. The van der Waals surface area contributed by atoms with Gasteiger partial charge in [0.05, 0.1) is 0 Å². The molecule has 3 unspecified atom stereocenters. The molecule has 1 aromatic rings. The average Bonchev–Trinajstić information content (AvgIpc) is 3.44. The number of nitrogens with one attached hydrogen (secondary N) is 1. The van der Waals surface area contributed by atoms with Crippen LogP contribution in [0.2, 0.25) is 0 Å². The van der Waals surface area contributed by atoms with E-state index in [1.165, 1.54) is 44.3 Å². The fourth-order valence-corrected chi connectivity index (χ4v) is 4.96. The Morgan fingerprint density at radius 3 is 2.54 bits per heavy atom. The van der Waals surface area contributed by atoms with Gasteiger partial charge in [-0.15, -0.1) is 24.0 Å². The molecule has 156 valence electrons. The Labute approximate surface area is 188 Å². The summed E-state index contributed by atoms with van der Waals surface area (Å²) in [5.74, 6) is 3.22. The highest BCUT2D eigenvalue weighted by Gasteiger charge is 2.34. The third-order valence-electron chi connectivity index (χ3n) is 6.65. The van der Waals surface area contributed by atoms with Gasteiger partial charge in [-0.3, -0.25) is 4.99 Å². The number of aliphatic imine (C=N–C) groups is 1. The number of guanidine groups is 1. The van der Waals surface area contributed by atoms with Crippen molar-refractivity contribution in [2.45, 2.75) is 51.5 Å². The zero-order chi connectivity index (χ0) is 18.6. The van der Waals surface area contributed by atoms with E-state index in [2.05, 4.69) is 59.3 Å². The number of halogens is 1. The molecular formula is C23H37IN4. The van der Waals surface area contributed by atoms with Crippen molar-refractivity contribution in [1.29, 1.82) is 0 Å². The molecule has 0 bridgehead atoms. The Balaban J connectivity index is 0.00000225. The maximum Gasteiger partial charge on any atom is 0.193 e. The van der Waals surface area contributed by atoms with Crippen LogP contribution >= 0.6 is 24.0 Å². The topological polar surface area (TPSA) is 30.9 Å². The van der Waals surface area contributed by atoms with Gasteiger partial charge in [0.15, 0.2) is 5.96 Å². The van der Waals surface area contributed by atoms with Crippen LogP contribution in [0, 0.1) is 11.8 Å². The van der Waals surface area contributed by atoms with Gasteiger partial charge in [0, 0.05) is 38.8 Å². The Morgan fingerprint density at radius 1 is 1.07 bits per heavy atom. The van der Waals surface area contributed by atoms with Crippen LogP contribution < -0.4 is 5.32 Å². The van der Waals surface area contributed by atoms with Gasteiger partial charge in [-0.25, -0.2) is 0 Å². The van der Waals surface area contributed by atoms with Crippen LogP contribution in [0.25, 0.3) is 0 Å². The van der Waals surface area contributed by atoms with Gasteiger partial charge >= 0.3 is 0 Å². The molecule has 28 heavy (non-hydrogen) atoms. The quantitative estimate of drug-likeness (QED) is 0.377. The third kappa shape index (κ3) is 5.41. The first kappa shape index (κ1) is 21.9. The lowest BCUT2D eigenvalue weighted by Gasteiger charge is -2.39. The molecule has 1 saturated carbocycles. The van der Waals surface area contributed by atoms with Gasteiger partial charge in [0.25, 0.3) is 0 Å². The zero-order valence-corrected chi connectivity index (χ0v) is 19.8. The van der Waals surface area contributed by atoms with E-state index in [0.717, 1.165) is 44.1 Å². The largest absolute Gasteiger partial charge is 0.357 e. The van der Waals surface area contributed by atoms with E-state index >= 15 is 0 Å². The molecule has 5 heteroatoms. The summed E-state index contributed by atoms with van der Waals surface area (Å²) in [7, 11) is 0. The molecule has 1 aromatic carbocycles. The molecule has 2 heterocycles. The second-order valence-electron chi connectivity index (χ2n) is 8.80. The Kier molecular flexibility index (Phi) is 8.03. The lowest BCUT2D eigenvalue weighted by molar-refractivity contribution is 0.234. The second kappa shape index (κ2) is 10.3. The molecule has 4 rings (SSSR count). The van der Waals surface area contributed by atoms with Crippen molar-refractivity contribution in [3.8, 4) is 0 Å². The van der Waals surface area contributed by atoms with Crippen LogP contribution in [-0.2, 0) is 0 Å². The molecule has 0 amide bonds. The van der Waals surface area contributed by atoms with E-state index in [-0.39, 0.29) is 24.0 Å². The van der Waals surface area contributed by atoms with Crippen molar-refractivity contribution in [1.82, 2.24) is 15.1 Å². The van der Waals surface area contributed by atoms with Crippen LogP contribution in [0.1, 0.15) is 51.0 Å². The number of rotatable bonds is 5. The molecule has 4 nitrogen and oxygen atoms in total. The minimum absolute atomic E-state index is 0. The number of hydrogen-bond donors (Lipinski definition) is 1. The first-order valence-corrected chi connectivity index (χ1v) is 11.1. The third-order valence-corrected chi connectivity index (χ3v) is 6.65. The molecule has 3 aliphatic rings. The van der Waals surface area contributed by atoms with E-state index in [4.69, 9.17) is 4.99 Å². The molecule has 1 aliphatic carbocycles. The van der Waals surface area contributed by atoms with E-state index in [1.54, 1.807) is 0 Å². The van der Waals surface area contributed by atoms with Gasteiger partial charge in [-0.05, 0) is 62.5 Å². The molecule has 3 fully saturated rings. The van der Waals surface area contributed by atoms with Crippen LogP contribution in [0.3, 0.4) is 0 Å². The highest BCUT2D eigenvalue weighted by Crippen LogP contribution is 2.33. The minimum Gasteiger partial charge on any atom is -0.357 e. The zero-order valence-electron chi connectivity index (χ0n) is 17.5. The van der Waals surface area contributed by atoms with E-state index in [1.807, 2.05) is 0 Å². The Morgan fingerprint density at radius 2 is 1.86 bits per heavy atom. The summed E-state index contributed by atoms with van der Waals surface area (Å²) in [6, 6.07) is 12.0. The molecule has 1 N–H and O–H groups in total. The minimum atomic E-state index is 0. The SMILES string of the molecule is CCNC(=NCC1CCN(C2CC2)C1)N1CCC(c2ccccc2)C(C)C1.I. The van der Waals surface area contributed by atoms with Crippen molar-refractivity contribution in [3.63, 3.8) is 0 Å². The number of benzene rings is 1. The Bertz CT molecular complexity index is 631. The van der Waals surface area contributed by atoms with Gasteiger partial charge in [0.2, 0.25) is 0 Å². The Hall–Kier alpha value is -0.820. The maximum atomic E-state index is 5.07. The number of hydrogen-bond acceptors (Lipinski definition) is 2. The highest BCUT2D eigenvalue weighted by molar-refractivity contribution is 14.0. The lowest BCUT2D eigenvalue weighted by Crippen LogP contribution is -2.48. The van der Waals surface area contributed by atoms with Crippen LogP contribution in [-0.4, -0.2) is 61.1 Å². The number of piperidine rings is 1. The molecule has 0 spiro atoms. The molecule has 3 atom stereocenters. The maximum absolute atomic E-state index is 5.07. The predicted octanol–water partition coefficient (Wildman–Crippen LogP) is 4.18. The summed E-state index contributed by atoms with van der Waals surface area (Å²) in [4.78, 5) is 10.3. The van der Waals surface area contributed by atoms with Gasteiger partial charge in [-0.2, -0.15) is 0 Å². The second-order valence-corrected chi connectivity index (χ2v) is 8.80. The van der Waals surface area contributed by atoms with Gasteiger partial charge < -0.3 is 15.1 Å². The summed E-state index contributed by atoms with van der Waals surface area (Å²) in [6.45, 7) is 11.3. The summed E-state index contributed by atoms with van der Waals surface area (Å²) in [5.41, 5.74) is 1.50. The standard InChI is InChI=1S/C23H36N4.HI/c1-3-24-23(25-15-19-11-13-26(17-19)21-9-10-21)27-14-12-22(18(2)16-27)20-7-5-4-6-8-20;/h4-8,18-19,21-22H,3,9-17H2,1-2H3,(H,24,25);1H. The van der Waals surface area contributed by atoms with E-state index < -0.39 is 0 Å². The summed E-state index contributed by atoms with van der Waals surface area (Å²) in [6.07, 6.45) is 5.39. The number of nitrogens with zero attached hydrogens (tertiary/aromatic N) is 3. The molecule has 2 saturated heterocycles. The van der Waals surface area contributed by atoms with Crippen LogP contribution in [0.4, 0.5) is 0 Å². The van der Waals surface area contributed by atoms with Crippen LogP contribution in [0.5, 0.6) is 0 Å². The van der Waals surface area contributed by atoms with Crippen molar-refractivity contribution >= 4 is 29.9 Å². The molecule has 2 aliphatic heterocycles. The van der Waals surface area contributed by atoms with Crippen molar-refractivity contribution in [3.05, 3.63) is 35.9 Å². The van der Waals surface area contributed by atoms with Crippen molar-refractivity contribution in [2.24, 2.45) is 16.8 Å². The fraction of sp³-hybridized carbons (Fsp3) is 0.696. The number of likely N-dealkylation sites (tertiary alicyclic amines) is 2. The van der Waals surface area contributed by atoms with Gasteiger partial charge in [-0.1, -0.05) is 37.3 Å². The van der Waals surface area contributed by atoms with E-state index in [9.17, 15) is 0 Å². The van der Waals surface area contributed by atoms with Gasteiger partial charge in [0.1, 0.15) is 0 Å².